The van der Waals surface area contributed by atoms with Gasteiger partial charge in [-0.25, -0.2) is 0 Å². The Labute approximate surface area is 184 Å². The van der Waals surface area contributed by atoms with Crippen molar-refractivity contribution in [1.82, 2.24) is 0 Å². The summed E-state index contributed by atoms with van der Waals surface area (Å²) < 4.78 is 0. The first-order valence-corrected chi connectivity index (χ1v) is 11.6. The van der Waals surface area contributed by atoms with E-state index in [9.17, 15) is 5.11 Å². The highest BCUT2D eigenvalue weighted by molar-refractivity contribution is 5.69. The van der Waals surface area contributed by atoms with Crippen molar-refractivity contribution in [3.63, 3.8) is 0 Å². The summed E-state index contributed by atoms with van der Waals surface area (Å²) in [6.07, 6.45) is 4.79. The highest BCUT2D eigenvalue weighted by atomic mass is 16.3. The van der Waals surface area contributed by atoms with Gasteiger partial charge in [-0.15, -0.1) is 0 Å². The van der Waals surface area contributed by atoms with Crippen LogP contribution in [0.4, 0.5) is 5.69 Å². The van der Waals surface area contributed by atoms with Gasteiger partial charge in [-0.05, 0) is 73.6 Å². The van der Waals surface area contributed by atoms with Gasteiger partial charge in [0.2, 0.25) is 0 Å². The maximum atomic E-state index is 10.7. The van der Waals surface area contributed by atoms with Crippen LogP contribution >= 0.6 is 0 Å². The van der Waals surface area contributed by atoms with Crippen LogP contribution in [0.15, 0.2) is 54.6 Å². The SMILES string of the molecule is C=C(C)[C@H](CCC(O)C(CC)CCC)C(C)c1ccc(-c2ccc(C)cc2)cc1N. The molecule has 3 unspecified atom stereocenters. The predicted octanol–water partition coefficient (Wildman–Crippen LogP) is 7.51. The molecule has 0 saturated heterocycles. The molecule has 0 saturated carbocycles. The monoisotopic (exact) mass is 407 g/mol. The van der Waals surface area contributed by atoms with Gasteiger partial charge in [0, 0.05) is 5.69 Å². The smallest absolute Gasteiger partial charge is 0.0568 e. The fourth-order valence-electron chi connectivity index (χ4n) is 4.68. The van der Waals surface area contributed by atoms with Crippen LogP contribution in [-0.4, -0.2) is 11.2 Å². The Morgan fingerprint density at radius 3 is 2.17 bits per heavy atom. The maximum absolute atomic E-state index is 10.7. The van der Waals surface area contributed by atoms with E-state index in [1.54, 1.807) is 0 Å². The van der Waals surface area contributed by atoms with Crippen LogP contribution in [0.3, 0.4) is 0 Å². The molecule has 0 radical (unpaired) electrons. The summed E-state index contributed by atoms with van der Waals surface area (Å²) in [4.78, 5) is 0. The van der Waals surface area contributed by atoms with Crippen molar-refractivity contribution in [1.29, 1.82) is 0 Å². The summed E-state index contributed by atoms with van der Waals surface area (Å²) in [6.45, 7) is 15.1. The molecular weight excluding hydrogens is 366 g/mol. The number of rotatable bonds is 11. The third-order valence-corrected chi connectivity index (χ3v) is 6.70. The van der Waals surface area contributed by atoms with Gasteiger partial charge < -0.3 is 10.8 Å². The molecule has 2 rings (SSSR count). The zero-order chi connectivity index (χ0) is 22.3. The van der Waals surface area contributed by atoms with E-state index in [1.807, 2.05) is 0 Å². The van der Waals surface area contributed by atoms with Crippen molar-refractivity contribution in [2.75, 3.05) is 5.73 Å². The molecule has 2 nitrogen and oxygen atoms in total. The summed E-state index contributed by atoms with van der Waals surface area (Å²) in [6, 6.07) is 15.0. The van der Waals surface area contributed by atoms with Gasteiger partial charge >= 0.3 is 0 Å². The lowest BCUT2D eigenvalue weighted by atomic mass is 9.78. The van der Waals surface area contributed by atoms with Crippen LogP contribution in [0.5, 0.6) is 0 Å². The average molecular weight is 408 g/mol. The molecular formula is C28H41NO. The Bertz CT molecular complexity index is 808. The molecule has 0 aliphatic carbocycles. The number of allylic oxidation sites excluding steroid dienone is 1. The van der Waals surface area contributed by atoms with Crippen LogP contribution < -0.4 is 5.73 Å². The largest absolute Gasteiger partial charge is 0.398 e. The van der Waals surface area contributed by atoms with E-state index in [2.05, 4.69) is 83.7 Å². The fraction of sp³-hybridized carbons (Fsp3) is 0.500. The van der Waals surface area contributed by atoms with Gasteiger partial charge in [-0.1, -0.05) is 87.7 Å². The topological polar surface area (TPSA) is 46.2 Å². The van der Waals surface area contributed by atoms with E-state index in [-0.39, 0.29) is 12.0 Å². The molecule has 2 heteroatoms. The first kappa shape index (κ1) is 24.2. The molecule has 0 amide bonds. The molecule has 0 aliphatic rings. The number of aliphatic hydroxyl groups excluding tert-OH is 1. The van der Waals surface area contributed by atoms with Crippen LogP contribution in [0.1, 0.15) is 76.8 Å². The average Bonchev–Trinajstić information content (AvgIpc) is 2.72. The summed E-state index contributed by atoms with van der Waals surface area (Å²) in [5.74, 6) is 0.981. The van der Waals surface area contributed by atoms with E-state index in [0.717, 1.165) is 43.4 Å². The molecule has 0 aromatic heterocycles. The van der Waals surface area contributed by atoms with E-state index in [4.69, 9.17) is 5.73 Å². The second kappa shape index (κ2) is 11.4. The number of hydrogen-bond acceptors (Lipinski definition) is 2. The van der Waals surface area contributed by atoms with Gasteiger partial charge in [-0.3, -0.25) is 0 Å². The van der Waals surface area contributed by atoms with E-state index < -0.39 is 0 Å². The van der Waals surface area contributed by atoms with E-state index in [1.165, 1.54) is 22.3 Å². The van der Waals surface area contributed by atoms with Crippen molar-refractivity contribution in [3.05, 3.63) is 65.7 Å². The number of hydrogen-bond donors (Lipinski definition) is 2. The summed E-state index contributed by atoms with van der Waals surface area (Å²) in [5.41, 5.74) is 13.3. The second-order valence-corrected chi connectivity index (χ2v) is 9.05. The number of nitrogen functional groups attached to an aromatic ring is 1. The number of aliphatic hydroxyl groups is 1. The van der Waals surface area contributed by atoms with Crippen LogP contribution in [0.25, 0.3) is 11.1 Å². The van der Waals surface area contributed by atoms with Crippen LogP contribution in [0.2, 0.25) is 0 Å². The molecule has 30 heavy (non-hydrogen) atoms. The molecule has 4 atom stereocenters. The lowest BCUT2D eigenvalue weighted by molar-refractivity contribution is 0.0847. The molecule has 0 fully saturated rings. The normalized spacial score (nSPS) is 15.4. The Morgan fingerprint density at radius 1 is 1.00 bits per heavy atom. The van der Waals surface area contributed by atoms with Crippen molar-refractivity contribution in [3.8, 4) is 11.1 Å². The van der Waals surface area contributed by atoms with Crippen molar-refractivity contribution < 1.29 is 5.11 Å². The lowest BCUT2D eigenvalue weighted by Crippen LogP contribution is -2.22. The van der Waals surface area contributed by atoms with Gasteiger partial charge in [0.15, 0.2) is 0 Å². The zero-order valence-electron chi connectivity index (χ0n) is 19.6. The number of benzene rings is 2. The Kier molecular flexibility index (Phi) is 9.17. The Balaban J connectivity index is 2.15. The molecule has 0 spiro atoms. The Hall–Kier alpha value is -2.06. The molecule has 3 N–H and O–H groups in total. The minimum Gasteiger partial charge on any atom is -0.398 e. The third-order valence-electron chi connectivity index (χ3n) is 6.70. The van der Waals surface area contributed by atoms with Crippen molar-refractivity contribution >= 4 is 5.69 Å². The number of nitrogens with two attached hydrogens (primary N) is 1. The molecule has 0 aliphatic heterocycles. The zero-order valence-corrected chi connectivity index (χ0v) is 19.6. The van der Waals surface area contributed by atoms with Gasteiger partial charge in [0.05, 0.1) is 6.10 Å². The first-order valence-electron chi connectivity index (χ1n) is 11.6. The van der Waals surface area contributed by atoms with Gasteiger partial charge in [0.1, 0.15) is 0 Å². The number of anilines is 1. The molecule has 0 bridgehead atoms. The first-order chi connectivity index (χ1) is 14.3. The standard InChI is InChI=1S/C28H41NO/c1-7-9-22(8-2)28(30)17-16-25(19(3)4)21(6)26-15-14-24(18-27(26)29)23-12-10-20(5)11-13-23/h10-15,18,21-22,25,28,30H,3,7-9,16-17,29H2,1-2,4-6H3/t21?,22?,25-,28?/m0/s1. The van der Waals surface area contributed by atoms with Crippen LogP contribution in [-0.2, 0) is 0 Å². The highest BCUT2D eigenvalue weighted by Crippen LogP contribution is 2.38. The highest BCUT2D eigenvalue weighted by Gasteiger charge is 2.24. The summed E-state index contributed by atoms with van der Waals surface area (Å²) in [5, 5.41) is 10.7. The summed E-state index contributed by atoms with van der Waals surface area (Å²) >= 11 is 0. The fourth-order valence-corrected chi connectivity index (χ4v) is 4.68. The number of aryl methyl sites for hydroxylation is 1. The second-order valence-electron chi connectivity index (χ2n) is 9.05. The minimum absolute atomic E-state index is 0.231. The van der Waals surface area contributed by atoms with Crippen molar-refractivity contribution in [2.45, 2.75) is 78.7 Å². The molecule has 2 aromatic carbocycles. The quantitative estimate of drug-likeness (QED) is 0.299. The van der Waals surface area contributed by atoms with Crippen molar-refractivity contribution in [2.24, 2.45) is 11.8 Å². The lowest BCUT2D eigenvalue weighted by Gasteiger charge is -2.29. The minimum atomic E-state index is -0.231. The molecule has 2 aromatic rings. The maximum Gasteiger partial charge on any atom is 0.0568 e. The molecule has 164 valence electrons. The molecule has 0 heterocycles. The Morgan fingerprint density at radius 2 is 1.63 bits per heavy atom. The van der Waals surface area contributed by atoms with Gasteiger partial charge in [-0.2, -0.15) is 0 Å². The third kappa shape index (κ3) is 6.22. The van der Waals surface area contributed by atoms with Crippen LogP contribution in [0, 0.1) is 18.8 Å². The van der Waals surface area contributed by atoms with E-state index >= 15 is 0 Å². The summed E-state index contributed by atoms with van der Waals surface area (Å²) in [7, 11) is 0. The van der Waals surface area contributed by atoms with Gasteiger partial charge in [0.25, 0.3) is 0 Å². The predicted molar refractivity (Wildman–Crippen MR) is 132 cm³/mol. The van der Waals surface area contributed by atoms with E-state index in [0.29, 0.717) is 11.8 Å².